The highest BCUT2D eigenvalue weighted by molar-refractivity contribution is 7.89. The second-order valence-electron chi connectivity index (χ2n) is 8.50. The van der Waals surface area contributed by atoms with E-state index in [1.54, 1.807) is 35.2 Å². The van der Waals surface area contributed by atoms with Crippen LogP contribution in [0.1, 0.15) is 25.8 Å². The smallest absolute Gasteiger partial charge is 0.265 e. The van der Waals surface area contributed by atoms with Gasteiger partial charge < -0.3 is 20.3 Å². The highest BCUT2D eigenvalue weighted by Crippen LogP contribution is 2.33. The molecule has 4 rings (SSSR count). The Balaban J connectivity index is 1.36. The van der Waals surface area contributed by atoms with Crippen LogP contribution in [0.25, 0.3) is 0 Å². The number of rotatable bonds is 6. The minimum atomic E-state index is -3.80. The van der Waals surface area contributed by atoms with Crippen LogP contribution in [-0.4, -0.2) is 67.6 Å². The molecule has 2 aliphatic heterocycles. The third kappa shape index (κ3) is 5.46. The monoisotopic (exact) mass is 500 g/mol. The van der Waals surface area contributed by atoms with Gasteiger partial charge in [-0.2, -0.15) is 4.31 Å². The maximum Gasteiger partial charge on any atom is 0.265 e. The minimum Gasteiger partial charge on any atom is -0.478 e. The highest BCUT2D eigenvalue weighted by Gasteiger charge is 2.32. The van der Waals surface area contributed by atoms with Gasteiger partial charge >= 0.3 is 0 Å². The Labute approximate surface area is 204 Å². The quantitative estimate of drug-likeness (QED) is 0.624. The number of anilines is 2. The van der Waals surface area contributed by atoms with Crippen LogP contribution < -0.4 is 15.4 Å². The predicted molar refractivity (Wildman–Crippen MR) is 130 cm³/mol. The molecule has 0 unspecified atom stereocenters. The molecule has 2 aromatic rings. The van der Waals surface area contributed by atoms with Crippen LogP contribution in [0.15, 0.2) is 47.4 Å². The molecule has 0 bridgehead atoms. The zero-order valence-corrected chi connectivity index (χ0v) is 20.4. The van der Waals surface area contributed by atoms with Gasteiger partial charge in [-0.3, -0.25) is 14.4 Å². The van der Waals surface area contributed by atoms with E-state index in [1.165, 1.54) is 23.4 Å². The SMILES string of the molecule is CC[C@@H]1Oc2ccc(S(=O)(=O)N3CCN(C(=O)Cc4ccc(NC(C)=O)cc4)CC3)cc2NC1=O. The van der Waals surface area contributed by atoms with E-state index in [0.717, 1.165) is 5.56 Å². The molecule has 2 aliphatic rings. The molecule has 0 radical (unpaired) electrons. The molecule has 1 atom stereocenters. The third-order valence-corrected chi connectivity index (χ3v) is 7.89. The normalized spacial score (nSPS) is 18.3. The van der Waals surface area contributed by atoms with Crippen molar-refractivity contribution in [2.24, 2.45) is 0 Å². The number of piperazine rings is 1. The van der Waals surface area contributed by atoms with Crippen molar-refractivity contribution in [3.8, 4) is 5.75 Å². The number of sulfonamides is 1. The summed E-state index contributed by atoms with van der Waals surface area (Å²) in [6.45, 7) is 4.18. The van der Waals surface area contributed by atoms with Crippen LogP contribution >= 0.6 is 0 Å². The van der Waals surface area contributed by atoms with Crippen LogP contribution in [0.4, 0.5) is 11.4 Å². The largest absolute Gasteiger partial charge is 0.478 e. The Kier molecular flexibility index (Phi) is 7.08. The maximum absolute atomic E-state index is 13.2. The fraction of sp³-hybridized carbons (Fsp3) is 0.375. The molecular formula is C24H28N4O6S. The zero-order valence-electron chi connectivity index (χ0n) is 19.6. The van der Waals surface area contributed by atoms with Gasteiger partial charge in [-0.05, 0) is 42.3 Å². The second kappa shape index (κ2) is 10.0. The van der Waals surface area contributed by atoms with Crippen LogP contribution in [0.3, 0.4) is 0 Å². The van der Waals surface area contributed by atoms with Crippen LogP contribution in [0, 0.1) is 0 Å². The molecule has 0 aliphatic carbocycles. The van der Waals surface area contributed by atoms with Gasteiger partial charge in [0.15, 0.2) is 6.10 Å². The first-order valence-corrected chi connectivity index (χ1v) is 12.9. The molecule has 0 spiro atoms. The van der Waals surface area contributed by atoms with Gasteiger partial charge in [0.1, 0.15) is 5.75 Å². The number of ether oxygens (including phenoxy) is 1. The Morgan fingerprint density at radius 1 is 1.09 bits per heavy atom. The van der Waals surface area contributed by atoms with Crippen LogP contribution in [-0.2, 0) is 30.8 Å². The zero-order chi connectivity index (χ0) is 25.2. The molecule has 35 heavy (non-hydrogen) atoms. The lowest BCUT2D eigenvalue weighted by molar-refractivity contribution is -0.131. The summed E-state index contributed by atoms with van der Waals surface area (Å²) in [5.74, 6) is -0.115. The molecular weight excluding hydrogens is 472 g/mol. The molecule has 1 fully saturated rings. The van der Waals surface area contributed by atoms with E-state index in [0.29, 0.717) is 23.5 Å². The van der Waals surface area contributed by atoms with Crippen molar-refractivity contribution in [1.29, 1.82) is 0 Å². The van der Waals surface area contributed by atoms with Gasteiger partial charge in [0.05, 0.1) is 17.0 Å². The standard InChI is InChI=1S/C24H28N4O6S/c1-3-21-24(31)26-20-15-19(8-9-22(20)34-21)35(32,33)28-12-10-27(11-13-28)23(30)14-17-4-6-18(7-5-17)25-16(2)29/h4-9,15,21H,3,10-14H2,1-2H3,(H,25,29)(H,26,31)/t21-/m0/s1. The van der Waals surface area contributed by atoms with E-state index in [2.05, 4.69) is 10.6 Å². The molecule has 2 aromatic carbocycles. The lowest BCUT2D eigenvalue weighted by atomic mass is 10.1. The first-order valence-electron chi connectivity index (χ1n) is 11.4. The maximum atomic E-state index is 13.2. The number of fused-ring (bicyclic) bond motifs is 1. The summed E-state index contributed by atoms with van der Waals surface area (Å²) in [4.78, 5) is 37.7. The Morgan fingerprint density at radius 3 is 2.40 bits per heavy atom. The molecule has 2 N–H and O–H groups in total. The van der Waals surface area contributed by atoms with Crippen molar-refractivity contribution in [3.05, 3.63) is 48.0 Å². The highest BCUT2D eigenvalue weighted by atomic mass is 32.2. The Morgan fingerprint density at radius 2 is 1.77 bits per heavy atom. The summed E-state index contributed by atoms with van der Waals surface area (Å²) in [5, 5.41) is 5.39. The molecule has 1 saturated heterocycles. The molecule has 10 nitrogen and oxygen atoms in total. The van der Waals surface area contributed by atoms with E-state index < -0.39 is 16.1 Å². The van der Waals surface area contributed by atoms with E-state index in [-0.39, 0.29) is 55.2 Å². The summed E-state index contributed by atoms with van der Waals surface area (Å²) in [7, 11) is -3.80. The first-order chi connectivity index (χ1) is 16.7. The van der Waals surface area contributed by atoms with Crippen molar-refractivity contribution in [3.63, 3.8) is 0 Å². The van der Waals surface area contributed by atoms with Gasteiger partial charge in [-0.15, -0.1) is 0 Å². The van der Waals surface area contributed by atoms with Crippen molar-refractivity contribution >= 4 is 39.1 Å². The summed E-state index contributed by atoms with van der Waals surface area (Å²) >= 11 is 0. The average Bonchev–Trinajstić information content (AvgIpc) is 2.84. The number of nitrogens with zero attached hydrogens (tertiary/aromatic N) is 2. The van der Waals surface area contributed by atoms with Gasteiger partial charge in [-0.1, -0.05) is 19.1 Å². The Bertz CT molecular complexity index is 1240. The number of hydrogen-bond acceptors (Lipinski definition) is 6. The van der Waals surface area contributed by atoms with Crippen molar-refractivity contribution in [2.45, 2.75) is 37.7 Å². The lowest BCUT2D eigenvalue weighted by Gasteiger charge is -2.34. The van der Waals surface area contributed by atoms with E-state index in [1.807, 2.05) is 6.92 Å². The predicted octanol–water partition coefficient (Wildman–Crippen LogP) is 1.83. The average molecular weight is 501 g/mol. The molecule has 186 valence electrons. The van der Waals surface area contributed by atoms with Crippen LogP contribution in [0.2, 0.25) is 0 Å². The van der Waals surface area contributed by atoms with Gasteiger partial charge in [0, 0.05) is 38.8 Å². The van der Waals surface area contributed by atoms with E-state index in [9.17, 15) is 22.8 Å². The van der Waals surface area contributed by atoms with Crippen molar-refractivity contribution in [1.82, 2.24) is 9.21 Å². The molecule has 11 heteroatoms. The number of benzene rings is 2. The third-order valence-electron chi connectivity index (χ3n) is 6.00. The van der Waals surface area contributed by atoms with Crippen LogP contribution in [0.5, 0.6) is 5.75 Å². The molecule has 2 heterocycles. The number of nitrogens with one attached hydrogen (secondary N) is 2. The fourth-order valence-corrected chi connectivity index (χ4v) is 5.53. The molecule has 0 saturated carbocycles. The van der Waals surface area contributed by atoms with Gasteiger partial charge in [-0.25, -0.2) is 8.42 Å². The first kappa shape index (κ1) is 24.7. The lowest BCUT2D eigenvalue weighted by Crippen LogP contribution is -2.50. The fourth-order valence-electron chi connectivity index (χ4n) is 4.08. The minimum absolute atomic E-state index is 0.0640. The molecule has 3 amide bonds. The summed E-state index contributed by atoms with van der Waals surface area (Å²) < 4.78 is 33.4. The Hall–Kier alpha value is -3.44. The molecule has 0 aromatic heterocycles. The van der Waals surface area contributed by atoms with E-state index >= 15 is 0 Å². The second-order valence-corrected chi connectivity index (χ2v) is 10.4. The summed E-state index contributed by atoms with van der Waals surface area (Å²) in [5.41, 5.74) is 1.80. The number of hydrogen-bond donors (Lipinski definition) is 2. The topological polar surface area (TPSA) is 125 Å². The van der Waals surface area contributed by atoms with Crippen molar-refractivity contribution < 1.29 is 27.5 Å². The van der Waals surface area contributed by atoms with Crippen molar-refractivity contribution in [2.75, 3.05) is 36.8 Å². The number of amides is 3. The summed E-state index contributed by atoms with van der Waals surface area (Å²) in [6, 6.07) is 11.5. The van der Waals surface area contributed by atoms with Gasteiger partial charge in [0.25, 0.3) is 5.91 Å². The van der Waals surface area contributed by atoms with Gasteiger partial charge in [0.2, 0.25) is 21.8 Å². The number of carbonyl (C=O) groups is 3. The summed E-state index contributed by atoms with van der Waals surface area (Å²) in [6.07, 6.45) is 0.110. The number of carbonyl (C=O) groups excluding carboxylic acids is 3. The van der Waals surface area contributed by atoms with E-state index in [4.69, 9.17) is 4.74 Å².